The van der Waals surface area contributed by atoms with Gasteiger partial charge in [0.05, 0.1) is 6.10 Å². The van der Waals surface area contributed by atoms with Crippen molar-refractivity contribution in [3.8, 4) is 0 Å². The van der Waals surface area contributed by atoms with E-state index >= 15 is 0 Å². The Balaban J connectivity index is 1.70. The summed E-state index contributed by atoms with van der Waals surface area (Å²) in [6.07, 6.45) is 8.45. The third-order valence-corrected chi connectivity index (χ3v) is 4.09. The molecular formula is C12H23NO. The zero-order valence-electron chi connectivity index (χ0n) is 9.21. The van der Waals surface area contributed by atoms with Crippen molar-refractivity contribution in [3.63, 3.8) is 0 Å². The fraction of sp³-hybridized carbons (Fsp3) is 1.00. The molecule has 2 fully saturated rings. The molecule has 0 amide bonds. The highest BCUT2D eigenvalue weighted by molar-refractivity contribution is 4.89. The Morgan fingerprint density at radius 1 is 1.07 bits per heavy atom. The molecule has 2 aliphatic rings. The molecule has 0 radical (unpaired) electrons. The van der Waals surface area contributed by atoms with Gasteiger partial charge in [-0.15, -0.1) is 0 Å². The Kier molecular flexibility index (Phi) is 3.45. The van der Waals surface area contributed by atoms with Crippen molar-refractivity contribution in [1.29, 1.82) is 0 Å². The maximum atomic E-state index is 9.40. The third kappa shape index (κ3) is 2.29. The van der Waals surface area contributed by atoms with Gasteiger partial charge in [0.2, 0.25) is 0 Å². The average molecular weight is 197 g/mol. The van der Waals surface area contributed by atoms with Crippen LogP contribution in [-0.2, 0) is 0 Å². The van der Waals surface area contributed by atoms with Gasteiger partial charge >= 0.3 is 0 Å². The largest absolute Gasteiger partial charge is 0.393 e. The highest BCUT2D eigenvalue weighted by Crippen LogP contribution is 2.31. The lowest BCUT2D eigenvalue weighted by Gasteiger charge is -2.40. The van der Waals surface area contributed by atoms with E-state index in [4.69, 9.17) is 0 Å². The van der Waals surface area contributed by atoms with E-state index in [1.54, 1.807) is 0 Å². The minimum absolute atomic E-state index is 0.0172. The number of aliphatic hydroxyl groups is 1. The fourth-order valence-corrected chi connectivity index (χ4v) is 2.82. The van der Waals surface area contributed by atoms with E-state index in [2.05, 4.69) is 12.2 Å². The smallest absolute Gasteiger partial charge is 0.0541 e. The van der Waals surface area contributed by atoms with E-state index in [1.807, 2.05) is 0 Å². The number of nitrogens with one attached hydrogen (secondary N) is 1. The predicted octanol–water partition coefficient (Wildman–Crippen LogP) is 2.07. The van der Waals surface area contributed by atoms with E-state index in [0.717, 1.165) is 24.8 Å². The second-order valence-corrected chi connectivity index (χ2v) is 5.02. The van der Waals surface area contributed by atoms with Crippen LogP contribution in [0.25, 0.3) is 0 Å². The summed E-state index contributed by atoms with van der Waals surface area (Å²) in [7, 11) is 0. The molecule has 0 saturated heterocycles. The predicted molar refractivity (Wildman–Crippen MR) is 58.2 cm³/mol. The Bertz CT molecular complexity index is 173. The van der Waals surface area contributed by atoms with Crippen molar-refractivity contribution in [3.05, 3.63) is 0 Å². The lowest BCUT2D eigenvalue weighted by molar-refractivity contribution is 0.100. The first-order chi connectivity index (χ1) is 6.79. The summed E-state index contributed by atoms with van der Waals surface area (Å²) >= 11 is 0. The van der Waals surface area contributed by atoms with Gasteiger partial charge in [-0.3, -0.25) is 0 Å². The highest BCUT2D eigenvalue weighted by Gasteiger charge is 2.31. The second-order valence-electron chi connectivity index (χ2n) is 5.02. The summed E-state index contributed by atoms with van der Waals surface area (Å²) in [6.45, 7) is 2.29. The van der Waals surface area contributed by atoms with Crippen LogP contribution in [0.1, 0.15) is 51.9 Å². The third-order valence-electron chi connectivity index (χ3n) is 4.09. The molecule has 0 heterocycles. The van der Waals surface area contributed by atoms with Crippen LogP contribution in [0.3, 0.4) is 0 Å². The van der Waals surface area contributed by atoms with E-state index < -0.39 is 0 Å². The van der Waals surface area contributed by atoms with Gasteiger partial charge in [0.1, 0.15) is 0 Å². The van der Waals surface area contributed by atoms with Crippen LogP contribution in [0.15, 0.2) is 0 Å². The summed E-state index contributed by atoms with van der Waals surface area (Å²) in [5.74, 6) is 0.932. The van der Waals surface area contributed by atoms with E-state index in [0.29, 0.717) is 6.04 Å². The van der Waals surface area contributed by atoms with Gasteiger partial charge in [0.15, 0.2) is 0 Å². The quantitative estimate of drug-likeness (QED) is 0.726. The van der Waals surface area contributed by atoms with Crippen LogP contribution in [0.2, 0.25) is 0 Å². The first-order valence-electron chi connectivity index (χ1n) is 6.23. The summed E-state index contributed by atoms with van der Waals surface area (Å²) in [4.78, 5) is 0. The van der Waals surface area contributed by atoms with Crippen molar-refractivity contribution < 1.29 is 5.11 Å². The van der Waals surface area contributed by atoms with Crippen LogP contribution in [0.4, 0.5) is 0 Å². The number of hydrogen-bond donors (Lipinski definition) is 2. The summed E-state index contributed by atoms with van der Waals surface area (Å²) < 4.78 is 0. The number of rotatable bonds is 3. The van der Waals surface area contributed by atoms with E-state index in [-0.39, 0.29) is 6.10 Å². The monoisotopic (exact) mass is 197 g/mol. The molecule has 0 aromatic rings. The molecule has 2 aliphatic carbocycles. The van der Waals surface area contributed by atoms with Gasteiger partial charge < -0.3 is 10.4 Å². The second kappa shape index (κ2) is 4.63. The normalized spacial score (nSPS) is 43.3. The van der Waals surface area contributed by atoms with E-state index in [9.17, 15) is 5.11 Å². The Morgan fingerprint density at radius 3 is 2.29 bits per heavy atom. The number of hydrogen-bond acceptors (Lipinski definition) is 2. The Labute approximate surface area is 87.1 Å². The van der Waals surface area contributed by atoms with Crippen molar-refractivity contribution in [2.45, 2.75) is 70.1 Å². The van der Waals surface area contributed by atoms with Gasteiger partial charge in [-0.2, -0.15) is 0 Å². The van der Waals surface area contributed by atoms with Gasteiger partial charge in [0, 0.05) is 12.1 Å². The first-order valence-corrected chi connectivity index (χ1v) is 6.23. The van der Waals surface area contributed by atoms with Gasteiger partial charge in [0.25, 0.3) is 0 Å². The maximum Gasteiger partial charge on any atom is 0.0541 e. The first kappa shape index (κ1) is 10.4. The lowest BCUT2D eigenvalue weighted by atomic mass is 9.77. The molecule has 0 spiro atoms. The Hall–Kier alpha value is -0.0800. The zero-order chi connectivity index (χ0) is 9.97. The molecule has 2 heteroatoms. The standard InChI is InChI=1S/C12H23NO/c1-2-9-3-8-12(9)13-10-4-6-11(14)7-5-10/h9-14H,2-8H2,1H3. The molecule has 0 bridgehead atoms. The molecule has 0 aliphatic heterocycles. The summed E-state index contributed by atoms with van der Waals surface area (Å²) in [5, 5.41) is 13.2. The summed E-state index contributed by atoms with van der Waals surface area (Å²) in [5.41, 5.74) is 0. The molecular weight excluding hydrogens is 174 g/mol. The van der Waals surface area contributed by atoms with Crippen LogP contribution in [0, 0.1) is 5.92 Å². The minimum Gasteiger partial charge on any atom is -0.393 e. The molecule has 2 nitrogen and oxygen atoms in total. The maximum absolute atomic E-state index is 9.40. The minimum atomic E-state index is -0.0172. The molecule has 82 valence electrons. The van der Waals surface area contributed by atoms with E-state index in [1.165, 1.54) is 32.1 Å². The topological polar surface area (TPSA) is 32.3 Å². The van der Waals surface area contributed by atoms with Crippen molar-refractivity contribution in [1.82, 2.24) is 5.32 Å². The molecule has 0 aromatic heterocycles. The lowest BCUT2D eigenvalue weighted by Crippen LogP contribution is -2.49. The molecule has 2 saturated carbocycles. The van der Waals surface area contributed by atoms with Gasteiger partial charge in [-0.25, -0.2) is 0 Å². The molecule has 2 unspecified atom stereocenters. The number of aliphatic hydroxyl groups excluding tert-OH is 1. The average Bonchev–Trinajstić information content (AvgIpc) is 2.16. The van der Waals surface area contributed by atoms with Crippen LogP contribution < -0.4 is 5.32 Å². The van der Waals surface area contributed by atoms with Gasteiger partial charge in [-0.05, 0) is 44.4 Å². The van der Waals surface area contributed by atoms with Crippen LogP contribution in [-0.4, -0.2) is 23.3 Å². The SMILES string of the molecule is CCC1CCC1NC1CCC(O)CC1. The van der Waals surface area contributed by atoms with Crippen molar-refractivity contribution >= 4 is 0 Å². The van der Waals surface area contributed by atoms with Crippen LogP contribution in [0.5, 0.6) is 0 Å². The molecule has 2 rings (SSSR count). The van der Waals surface area contributed by atoms with Gasteiger partial charge in [-0.1, -0.05) is 13.3 Å². The fourth-order valence-electron chi connectivity index (χ4n) is 2.82. The molecule has 2 atom stereocenters. The molecule has 0 aromatic carbocycles. The Morgan fingerprint density at radius 2 is 1.79 bits per heavy atom. The summed E-state index contributed by atoms with van der Waals surface area (Å²) in [6, 6.07) is 1.48. The van der Waals surface area contributed by atoms with Crippen molar-refractivity contribution in [2.24, 2.45) is 5.92 Å². The molecule has 14 heavy (non-hydrogen) atoms. The van der Waals surface area contributed by atoms with Crippen molar-refractivity contribution in [2.75, 3.05) is 0 Å². The van der Waals surface area contributed by atoms with Crippen LogP contribution >= 0.6 is 0 Å². The molecule has 2 N–H and O–H groups in total. The highest BCUT2D eigenvalue weighted by atomic mass is 16.3. The zero-order valence-corrected chi connectivity index (χ0v) is 9.21.